The Balaban J connectivity index is 1.97. The minimum atomic E-state index is 0.188. The van der Waals surface area contributed by atoms with Gasteiger partial charge in [0.25, 0.3) is 0 Å². The lowest BCUT2D eigenvalue weighted by Crippen LogP contribution is -3.14. The van der Waals surface area contributed by atoms with Gasteiger partial charge >= 0.3 is 0 Å². The fourth-order valence-electron chi connectivity index (χ4n) is 1.99. The molecule has 0 atom stereocenters. The average molecular weight is 290 g/mol. The number of nitrogens with two attached hydrogens (primary N) is 1. The molecule has 20 heavy (non-hydrogen) atoms. The summed E-state index contributed by atoms with van der Waals surface area (Å²) in [5, 5.41) is 18.6. The molecule has 0 bridgehead atoms. The second-order valence-corrected chi connectivity index (χ2v) is 5.54. The van der Waals surface area contributed by atoms with Gasteiger partial charge in [-0.3, -0.25) is 0 Å². The first-order chi connectivity index (χ1) is 9.74. The van der Waals surface area contributed by atoms with Gasteiger partial charge in [-0.15, -0.1) is 0 Å². The number of aromatic nitrogens is 1. The number of thioether (sulfide) groups is 1. The van der Waals surface area contributed by atoms with Crippen molar-refractivity contribution in [2.24, 2.45) is 0 Å². The van der Waals surface area contributed by atoms with E-state index in [4.69, 9.17) is 21.0 Å². The lowest BCUT2D eigenvalue weighted by atomic mass is 10.2. The van der Waals surface area contributed by atoms with Crippen LogP contribution in [0.1, 0.15) is 11.1 Å². The third-order valence-corrected chi connectivity index (χ3v) is 4.15. The molecule has 0 saturated carbocycles. The number of anilines is 1. The number of nitrogen functional groups attached to an aromatic ring is 1. The van der Waals surface area contributed by atoms with Crippen LogP contribution in [0, 0.1) is 22.7 Å². The van der Waals surface area contributed by atoms with Crippen molar-refractivity contribution < 1.29 is 9.64 Å². The van der Waals surface area contributed by atoms with E-state index in [2.05, 4.69) is 11.1 Å². The minimum absolute atomic E-state index is 0.188. The molecule has 1 aromatic rings. The van der Waals surface area contributed by atoms with E-state index in [1.807, 2.05) is 6.07 Å². The molecule has 0 spiro atoms. The van der Waals surface area contributed by atoms with Crippen molar-refractivity contribution in [3.63, 3.8) is 0 Å². The molecule has 1 aliphatic rings. The highest BCUT2D eigenvalue weighted by molar-refractivity contribution is 7.99. The fourth-order valence-corrected chi connectivity index (χ4v) is 3.00. The summed E-state index contributed by atoms with van der Waals surface area (Å²) in [5.41, 5.74) is 6.36. The average Bonchev–Trinajstić information content (AvgIpc) is 2.48. The van der Waals surface area contributed by atoms with Crippen LogP contribution in [0.5, 0.6) is 0 Å². The highest BCUT2D eigenvalue weighted by Crippen LogP contribution is 2.23. The zero-order valence-corrected chi connectivity index (χ0v) is 11.9. The van der Waals surface area contributed by atoms with Crippen LogP contribution in [0.3, 0.4) is 0 Å². The summed E-state index contributed by atoms with van der Waals surface area (Å²) in [6.45, 7) is 4.67. The van der Waals surface area contributed by atoms with Crippen LogP contribution in [-0.4, -0.2) is 43.6 Å². The van der Waals surface area contributed by atoms with Gasteiger partial charge in [-0.25, -0.2) is 4.98 Å². The maximum atomic E-state index is 9.10. The molecule has 0 amide bonds. The SMILES string of the molecule is N#Cc1cc(C#N)c(SCC[NH+]2CCOCC2)nc1N. The van der Waals surface area contributed by atoms with Gasteiger partial charge in [0.2, 0.25) is 0 Å². The molecule has 0 radical (unpaired) electrons. The monoisotopic (exact) mass is 290 g/mol. The number of quaternary nitrogens is 1. The molecule has 0 aliphatic carbocycles. The Morgan fingerprint density at radius 3 is 2.65 bits per heavy atom. The number of nitrogens with one attached hydrogen (secondary N) is 1. The molecule has 2 heterocycles. The highest BCUT2D eigenvalue weighted by atomic mass is 32.2. The molecule has 104 valence electrons. The van der Waals surface area contributed by atoms with Gasteiger partial charge in [-0.2, -0.15) is 10.5 Å². The van der Waals surface area contributed by atoms with Crippen LogP contribution in [0.2, 0.25) is 0 Å². The van der Waals surface area contributed by atoms with Crippen molar-refractivity contribution in [2.75, 3.05) is 44.3 Å². The predicted molar refractivity (Wildman–Crippen MR) is 75.2 cm³/mol. The zero-order valence-electron chi connectivity index (χ0n) is 11.1. The molecule has 3 N–H and O–H groups in total. The Kier molecular flexibility index (Phi) is 5.19. The van der Waals surface area contributed by atoms with Crippen molar-refractivity contribution in [3.8, 4) is 12.1 Å². The number of ether oxygens (including phenoxy) is 1. The first-order valence-electron chi connectivity index (χ1n) is 6.39. The van der Waals surface area contributed by atoms with Gasteiger partial charge < -0.3 is 15.4 Å². The van der Waals surface area contributed by atoms with Crippen LogP contribution >= 0.6 is 11.8 Å². The van der Waals surface area contributed by atoms with E-state index < -0.39 is 0 Å². The van der Waals surface area contributed by atoms with E-state index in [9.17, 15) is 0 Å². The van der Waals surface area contributed by atoms with Gasteiger partial charge in [0.15, 0.2) is 0 Å². The quantitative estimate of drug-likeness (QED) is 0.719. The summed E-state index contributed by atoms with van der Waals surface area (Å²) in [6, 6.07) is 5.51. The Morgan fingerprint density at radius 1 is 1.30 bits per heavy atom. The van der Waals surface area contributed by atoms with E-state index in [0.717, 1.165) is 38.6 Å². The van der Waals surface area contributed by atoms with Gasteiger partial charge in [0.1, 0.15) is 36.1 Å². The smallest absolute Gasteiger partial charge is 0.142 e. The molecule has 1 fully saturated rings. The lowest BCUT2D eigenvalue weighted by Gasteiger charge is -2.23. The Bertz CT molecular complexity index is 557. The molecular formula is C13H16N5OS+. The van der Waals surface area contributed by atoms with E-state index in [-0.39, 0.29) is 11.4 Å². The Hall–Kier alpha value is -1.80. The Labute approximate surface area is 122 Å². The highest BCUT2D eigenvalue weighted by Gasteiger charge is 2.15. The minimum Gasteiger partial charge on any atom is -0.383 e. The Morgan fingerprint density at radius 2 is 2.00 bits per heavy atom. The van der Waals surface area contributed by atoms with Crippen LogP contribution in [0.15, 0.2) is 11.1 Å². The number of morpholine rings is 1. The van der Waals surface area contributed by atoms with E-state index >= 15 is 0 Å². The van der Waals surface area contributed by atoms with E-state index in [0.29, 0.717) is 10.6 Å². The largest absolute Gasteiger partial charge is 0.383 e. The van der Waals surface area contributed by atoms with Crippen molar-refractivity contribution in [3.05, 3.63) is 17.2 Å². The fraction of sp³-hybridized carbons (Fsp3) is 0.462. The third-order valence-electron chi connectivity index (χ3n) is 3.15. The number of nitrogens with zero attached hydrogens (tertiary/aromatic N) is 3. The van der Waals surface area contributed by atoms with Crippen LogP contribution in [0.4, 0.5) is 5.82 Å². The van der Waals surface area contributed by atoms with Crippen molar-refractivity contribution >= 4 is 17.6 Å². The number of rotatable bonds is 4. The molecule has 1 aromatic heterocycles. The van der Waals surface area contributed by atoms with Crippen LogP contribution in [0.25, 0.3) is 0 Å². The van der Waals surface area contributed by atoms with E-state index in [1.54, 1.807) is 0 Å². The summed E-state index contributed by atoms with van der Waals surface area (Å²) in [6.07, 6.45) is 0. The van der Waals surface area contributed by atoms with Crippen molar-refractivity contribution in [1.29, 1.82) is 10.5 Å². The molecular weight excluding hydrogens is 274 g/mol. The third kappa shape index (κ3) is 3.61. The number of hydrogen-bond acceptors (Lipinski definition) is 6. The van der Waals surface area contributed by atoms with Gasteiger partial charge in [0, 0.05) is 5.75 Å². The summed E-state index contributed by atoms with van der Waals surface area (Å²) in [5.74, 6) is 1.05. The van der Waals surface area contributed by atoms with E-state index in [1.165, 1.54) is 22.7 Å². The summed E-state index contributed by atoms with van der Waals surface area (Å²) < 4.78 is 5.31. The second kappa shape index (κ2) is 7.11. The number of nitriles is 2. The first-order valence-corrected chi connectivity index (χ1v) is 7.38. The predicted octanol–water partition coefficient (Wildman–Crippen LogP) is -0.586. The topological polar surface area (TPSA) is 100 Å². The summed E-state index contributed by atoms with van der Waals surface area (Å²) in [7, 11) is 0. The summed E-state index contributed by atoms with van der Waals surface area (Å²) in [4.78, 5) is 5.66. The number of hydrogen-bond donors (Lipinski definition) is 2. The first kappa shape index (κ1) is 14.6. The van der Waals surface area contributed by atoms with Gasteiger partial charge in [-0.1, -0.05) is 11.8 Å². The lowest BCUT2D eigenvalue weighted by molar-refractivity contribution is -0.905. The van der Waals surface area contributed by atoms with Crippen molar-refractivity contribution in [2.45, 2.75) is 5.03 Å². The maximum absolute atomic E-state index is 9.10. The molecule has 6 nitrogen and oxygen atoms in total. The zero-order chi connectivity index (χ0) is 14.4. The standard InChI is InChI=1S/C13H15N5OS/c14-8-10-7-11(9-15)13(17-12(10)16)20-6-3-18-1-4-19-5-2-18/h7H,1-6H2,(H2,16,17)/p+1. The molecule has 1 aliphatic heterocycles. The van der Waals surface area contributed by atoms with Crippen LogP contribution < -0.4 is 10.6 Å². The molecule has 0 unspecified atom stereocenters. The molecule has 2 rings (SSSR count). The van der Waals surface area contributed by atoms with Gasteiger partial charge in [0.05, 0.1) is 30.9 Å². The molecule has 0 aromatic carbocycles. The van der Waals surface area contributed by atoms with Crippen LogP contribution in [-0.2, 0) is 4.74 Å². The second-order valence-electron chi connectivity index (χ2n) is 4.46. The van der Waals surface area contributed by atoms with Crippen molar-refractivity contribution in [1.82, 2.24) is 4.98 Å². The summed E-state index contributed by atoms with van der Waals surface area (Å²) >= 11 is 1.51. The van der Waals surface area contributed by atoms with Gasteiger partial charge in [-0.05, 0) is 6.07 Å². The normalized spacial score (nSPS) is 15.5. The molecule has 7 heteroatoms. The molecule has 1 saturated heterocycles. The maximum Gasteiger partial charge on any atom is 0.142 e. The number of pyridine rings is 1.